The summed E-state index contributed by atoms with van der Waals surface area (Å²) in [6.07, 6.45) is 4.50. The number of hydrogen-bond donors (Lipinski definition) is 0. The van der Waals surface area contributed by atoms with Gasteiger partial charge in [-0.1, -0.05) is 11.6 Å². The van der Waals surface area contributed by atoms with Crippen LogP contribution in [0.25, 0.3) is 0 Å². The number of rotatable bonds is 2. The molecule has 2 aromatic rings. The number of amides is 1. The summed E-state index contributed by atoms with van der Waals surface area (Å²) in [5.74, 6) is 0.303. The summed E-state index contributed by atoms with van der Waals surface area (Å²) >= 11 is 5.75. The third kappa shape index (κ3) is 2.45. The van der Waals surface area contributed by atoms with Gasteiger partial charge in [0.05, 0.1) is 11.5 Å². The molecule has 3 heterocycles. The van der Waals surface area contributed by atoms with Crippen molar-refractivity contribution < 1.29 is 9.72 Å². The molecule has 0 fully saturated rings. The molecule has 2 aromatic heterocycles. The van der Waals surface area contributed by atoms with Crippen molar-refractivity contribution >= 4 is 23.2 Å². The molecule has 0 unspecified atom stereocenters. The molecule has 0 saturated heterocycles. The second-order valence-corrected chi connectivity index (χ2v) is 4.93. The number of imidazole rings is 1. The molecule has 1 aliphatic rings. The Morgan fingerprint density at radius 1 is 1.38 bits per heavy atom. The van der Waals surface area contributed by atoms with Crippen LogP contribution in [-0.4, -0.2) is 36.8 Å². The van der Waals surface area contributed by atoms with E-state index in [-0.39, 0.29) is 16.4 Å². The van der Waals surface area contributed by atoms with Gasteiger partial charge in [-0.25, -0.2) is 9.97 Å². The molecule has 21 heavy (non-hydrogen) atoms. The van der Waals surface area contributed by atoms with Crippen molar-refractivity contribution in [1.29, 1.82) is 0 Å². The summed E-state index contributed by atoms with van der Waals surface area (Å²) < 4.78 is 1.94. The molecule has 1 aliphatic heterocycles. The smallest absolute Gasteiger partial charge is 0.300 e. The van der Waals surface area contributed by atoms with Crippen LogP contribution in [0, 0.1) is 10.1 Å². The van der Waals surface area contributed by atoms with E-state index >= 15 is 0 Å². The van der Waals surface area contributed by atoms with Gasteiger partial charge in [0, 0.05) is 25.5 Å². The van der Waals surface area contributed by atoms with E-state index in [4.69, 9.17) is 11.6 Å². The van der Waals surface area contributed by atoms with E-state index in [1.807, 2.05) is 10.8 Å². The van der Waals surface area contributed by atoms with Gasteiger partial charge in [0.15, 0.2) is 0 Å². The van der Waals surface area contributed by atoms with Crippen LogP contribution in [0.1, 0.15) is 16.2 Å². The predicted octanol–water partition coefficient (Wildman–Crippen LogP) is 1.50. The lowest BCUT2D eigenvalue weighted by Crippen LogP contribution is -2.38. The van der Waals surface area contributed by atoms with Crippen molar-refractivity contribution in [2.24, 2.45) is 0 Å². The monoisotopic (exact) mass is 307 g/mol. The van der Waals surface area contributed by atoms with Crippen molar-refractivity contribution in [3.05, 3.63) is 51.3 Å². The third-order valence-corrected chi connectivity index (χ3v) is 3.52. The standard InChI is InChI=1S/C12H10ClN5O3/c13-10-5-8(9(6-15-10)18(20)21)12(19)17-4-3-16-2-1-14-11(16)7-17/h1-2,5-6H,3-4,7H2. The van der Waals surface area contributed by atoms with Gasteiger partial charge in [-0.15, -0.1) is 0 Å². The second-order valence-electron chi connectivity index (χ2n) is 4.54. The molecule has 0 spiro atoms. The van der Waals surface area contributed by atoms with Gasteiger partial charge in [-0.3, -0.25) is 14.9 Å². The molecule has 3 rings (SSSR count). The Labute approximate surface area is 124 Å². The van der Waals surface area contributed by atoms with Crippen molar-refractivity contribution in [3.63, 3.8) is 0 Å². The molecule has 0 N–H and O–H groups in total. The van der Waals surface area contributed by atoms with Crippen LogP contribution in [-0.2, 0) is 13.1 Å². The molecule has 0 atom stereocenters. The topological polar surface area (TPSA) is 94.2 Å². The molecule has 9 heteroatoms. The highest BCUT2D eigenvalue weighted by atomic mass is 35.5. The van der Waals surface area contributed by atoms with Gasteiger partial charge in [0.1, 0.15) is 22.7 Å². The third-order valence-electron chi connectivity index (χ3n) is 3.31. The number of halogens is 1. The summed E-state index contributed by atoms with van der Waals surface area (Å²) in [5, 5.41) is 11.1. The highest BCUT2D eigenvalue weighted by Crippen LogP contribution is 2.23. The zero-order valence-corrected chi connectivity index (χ0v) is 11.5. The van der Waals surface area contributed by atoms with Crippen LogP contribution in [0.3, 0.4) is 0 Å². The van der Waals surface area contributed by atoms with Crippen LogP contribution in [0.4, 0.5) is 5.69 Å². The summed E-state index contributed by atoms with van der Waals surface area (Å²) in [4.78, 5) is 32.2. The molecule has 0 saturated carbocycles. The summed E-state index contributed by atoms with van der Waals surface area (Å²) in [5.41, 5.74) is -0.404. The lowest BCUT2D eigenvalue weighted by atomic mass is 10.2. The number of aromatic nitrogens is 3. The van der Waals surface area contributed by atoms with Gasteiger partial charge in [-0.05, 0) is 6.07 Å². The van der Waals surface area contributed by atoms with E-state index in [9.17, 15) is 14.9 Å². The number of nitrogens with zero attached hydrogens (tertiary/aromatic N) is 5. The minimum atomic E-state index is -0.637. The van der Waals surface area contributed by atoms with E-state index in [0.717, 1.165) is 12.0 Å². The van der Waals surface area contributed by atoms with Gasteiger partial charge in [0.2, 0.25) is 0 Å². The average molecular weight is 308 g/mol. The van der Waals surface area contributed by atoms with E-state index in [2.05, 4.69) is 9.97 Å². The molecule has 1 amide bonds. The van der Waals surface area contributed by atoms with E-state index in [0.29, 0.717) is 19.6 Å². The van der Waals surface area contributed by atoms with Gasteiger partial charge >= 0.3 is 0 Å². The Balaban J connectivity index is 1.93. The van der Waals surface area contributed by atoms with E-state index in [1.165, 1.54) is 11.0 Å². The fourth-order valence-electron chi connectivity index (χ4n) is 2.26. The van der Waals surface area contributed by atoms with Gasteiger partial charge in [0.25, 0.3) is 11.6 Å². The number of pyridine rings is 1. The van der Waals surface area contributed by atoms with Crippen LogP contribution in [0.2, 0.25) is 5.15 Å². The molecule has 0 aliphatic carbocycles. The summed E-state index contributed by atoms with van der Waals surface area (Å²) in [7, 11) is 0. The number of carbonyl (C=O) groups excluding carboxylic acids is 1. The molecular formula is C12H10ClN5O3. The fourth-order valence-corrected chi connectivity index (χ4v) is 2.41. The molecule has 108 valence electrons. The lowest BCUT2D eigenvalue weighted by Gasteiger charge is -2.27. The van der Waals surface area contributed by atoms with Crippen molar-refractivity contribution in [2.45, 2.75) is 13.1 Å². The first-order valence-corrected chi connectivity index (χ1v) is 6.53. The first-order valence-electron chi connectivity index (χ1n) is 6.15. The largest absolute Gasteiger partial charge is 0.332 e. The Morgan fingerprint density at radius 3 is 2.95 bits per heavy atom. The quantitative estimate of drug-likeness (QED) is 0.476. The predicted molar refractivity (Wildman–Crippen MR) is 72.9 cm³/mol. The van der Waals surface area contributed by atoms with E-state index < -0.39 is 10.8 Å². The van der Waals surface area contributed by atoms with Crippen LogP contribution < -0.4 is 0 Å². The molecule has 0 radical (unpaired) electrons. The zero-order valence-electron chi connectivity index (χ0n) is 10.8. The summed E-state index contributed by atoms with van der Waals surface area (Å²) in [6, 6.07) is 1.23. The number of fused-ring (bicyclic) bond motifs is 1. The maximum Gasteiger partial charge on any atom is 0.300 e. The lowest BCUT2D eigenvalue weighted by molar-refractivity contribution is -0.385. The fraction of sp³-hybridized carbons (Fsp3) is 0.250. The second kappa shape index (κ2) is 5.13. The molecule has 0 aromatic carbocycles. The Kier molecular flexibility index (Phi) is 3.30. The van der Waals surface area contributed by atoms with Crippen LogP contribution in [0.5, 0.6) is 0 Å². The average Bonchev–Trinajstić information content (AvgIpc) is 2.93. The first kappa shape index (κ1) is 13.5. The Hall–Kier alpha value is -2.48. The highest BCUT2D eigenvalue weighted by Gasteiger charge is 2.28. The minimum Gasteiger partial charge on any atom is -0.332 e. The maximum atomic E-state index is 12.5. The van der Waals surface area contributed by atoms with Crippen LogP contribution >= 0.6 is 11.6 Å². The molecule has 8 nitrogen and oxygen atoms in total. The van der Waals surface area contributed by atoms with Crippen molar-refractivity contribution in [3.8, 4) is 0 Å². The van der Waals surface area contributed by atoms with Crippen LogP contribution in [0.15, 0.2) is 24.7 Å². The summed E-state index contributed by atoms with van der Waals surface area (Å²) in [6.45, 7) is 1.37. The SMILES string of the molecule is O=C(c1cc(Cl)ncc1[N+](=O)[O-])N1CCn2ccnc2C1. The number of nitro groups is 1. The van der Waals surface area contributed by atoms with E-state index in [1.54, 1.807) is 6.20 Å². The van der Waals surface area contributed by atoms with Gasteiger partial charge < -0.3 is 9.47 Å². The molecular weight excluding hydrogens is 298 g/mol. The molecule has 0 bridgehead atoms. The normalized spacial score (nSPS) is 13.9. The van der Waals surface area contributed by atoms with Crippen molar-refractivity contribution in [1.82, 2.24) is 19.4 Å². The number of hydrogen-bond acceptors (Lipinski definition) is 5. The van der Waals surface area contributed by atoms with Gasteiger partial charge in [-0.2, -0.15) is 0 Å². The Bertz CT molecular complexity index is 729. The van der Waals surface area contributed by atoms with Crippen molar-refractivity contribution in [2.75, 3.05) is 6.54 Å². The minimum absolute atomic E-state index is 0.0439. The highest BCUT2D eigenvalue weighted by molar-refractivity contribution is 6.29. The number of carbonyl (C=O) groups is 1. The Morgan fingerprint density at radius 2 is 2.19 bits per heavy atom. The first-order chi connectivity index (χ1) is 10.1. The zero-order chi connectivity index (χ0) is 15.0. The maximum absolute atomic E-state index is 12.5.